The van der Waals surface area contributed by atoms with Gasteiger partial charge in [-0.25, -0.2) is 0 Å². The van der Waals surface area contributed by atoms with Crippen LogP contribution < -0.4 is 12.4 Å². The Hall–Kier alpha value is 0.320. The minimum Gasteiger partial charge on any atom is -1.00 e. The second kappa shape index (κ2) is 9.46. The summed E-state index contributed by atoms with van der Waals surface area (Å²) < 4.78 is 0. The van der Waals surface area contributed by atoms with E-state index in [-0.39, 0.29) is 30.5 Å². The molecular weight excluding hydrogens is 328 g/mol. The van der Waals surface area contributed by atoms with Crippen LogP contribution in [0.3, 0.4) is 0 Å². The Morgan fingerprint density at radius 1 is 0.952 bits per heavy atom. The van der Waals surface area contributed by atoms with Crippen molar-refractivity contribution in [3.05, 3.63) is 0 Å². The molecule has 0 radical (unpaired) electrons. The van der Waals surface area contributed by atoms with E-state index in [2.05, 4.69) is 0 Å². The van der Waals surface area contributed by atoms with Crippen molar-refractivity contribution in [3.63, 3.8) is 0 Å². The number of halogens is 1. The van der Waals surface area contributed by atoms with E-state index >= 15 is 0 Å². The molecule has 0 aromatic rings. The molecule has 8 N–H and O–H groups in total. The lowest BCUT2D eigenvalue weighted by Gasteiger charge is -2.25. The van der Waals surface area contributed by atoms with E-state index in [1.54, 1.807) is 0 Å². The molecule has 128 valence electrons. The second-order valence-electron chi connectivity index (χ2n) is 4.95. The van der Waals surface area contributed by atoms with Crippen LogP contribution in [0.5, 0.6) is 0 Å². The molecule has 1 saturated heterocycles. The SMILES string of the molecule is OC[C@@H]1[C@@H](O)[C@H](O)C[S@@+]1C[C@@H](O)[C@@H](O)[C@H](O)[C@@H](O)CO.[Cl-]. The van der Waals surface area contributed by atoms with Gasteiger partial charge in [0.05, 0.1) is 13.2 Å². The lowest BCUT2D eigenvalue weighted by molar-refractivity contribution is -0.109. The number of aliphatic hydroxyl groups is 8. The summed E-state index contributed by atoms with van der Waals surface area (Å²) in [5.41, 5.74) is 0. The Morgan fingerprint density at radius 2 is 1.48 bits per heavy atom. The smallest absolute Gasteiger partial charge is 0.169 e. The van der Waals surface area contributed by atoms with Gasteiger partial charge in [-0.1, -0.05) is 0 Å². The molecule has 1 fully saturated rings. The molecule has 1 heterocycles. The Kier molecular flexibility index (Phi) is 9.60. The maximum absolute atomic E-state index is 9.84. The number of hydrogen-bond acceptors (Lipinski definition) is 8. The first-order valence-corrected chi connectivity index (χ1v) is 7.92. The minimum atomic E-state index is -1.70. The van der Waals surface area contributed by atoms with Crippen molar-refractivity contribution in [1.82, 2.24) is 0 Å². The Morgan fingerprint density at radius 3 is 1.95 bits per heavy atom. The lowest BCUT2D eigenvalue weighted by Crippen LogP contribution is -3.00. The summed E-state index contributed by atoms with van der Waals surface area (Å²) >= 11 is 0. The maximum Gasteiger partial charge on any atom is 0.169 e. The minimum absolute atomic E-state index is 0. The molecule has 0 amide bonds. The van der Waals surface area contributed by atoms with E-state index in [1.165, 1.54) is 0 Å². The first-order chi connectivity index (χ1) is 9.33. The summed E-state index contributed by atoms with van der Waals surface area (Å²) in [4.78, 5) is 0. The number of hydrogen-bond donors (Lipinski definition) is 8. The van der Waals surface area contributed by atoms with Crippen LogP contribution in [-0.2, 0) is 10.9 Å². The fourth-order valence-corrected chi connectivity index (χ4v) is 4.86. The van der Waals surface area contributed by atoms with Gasteiger partial charge in [-0.3, -0.25) is 0 Å². The van der Waals surface area contributed by atoms with Crippen LogP contribution in [0.4, 0.5) is 0 Å². The van der Waals surface area contributed by atoms with Crippen molar-refractivity contribution in [2.75, 3.05) is 24.7 Å². The molecule has 0 spiro atoms. The highest BCUT2D eigenvalue weighted by atomic mass is 35.5. The normalized spacial score (nSPS) is 34.9. The summed E-state index contributed by atoms with van der Waals surface area (Å²) in [5, 5.41) is 74.7. The lowest BCUT2D eigenvalue weighted by atomic mass is 10.0. The van der Waals surface area contributed by atoms with Gasteiger partial charge in [0.25, 0.3) is 0 Å². The molecule has 1 aliphatic rings. The van der Waals surface area contributed by atoms with Gasteiger partial charge in [0.15, 0.2) is 5.25 Å². The predicted octanol–water partition coefficient (Wildman–Crippen LogP) is -7.86. The van der Waals surface area contributed by atoms with Crippen molar-refractivity contribution in [3.8, 4) is 0 Å². The maximum atomic E-state index is 9.84. The molecule has 8 atom stereocenters. The van der Waals surface area contributed by atoms with Crippen LogP contribution >= 0.6 is 0 Å². The molecule has 10 heteroatoms. The van der Waals surface area contributed by atoms with E-state index in [4.69, 9.17) is 5.11 Å². The standard InChI is InChI=1S/C11H23O8S.ClH/c12-1-5(14)10(18)11(19)7(16)4-20-3-6(15)9(17)8(20)2-13;/h5-19H,1-4H2;1H/q+1;/p-1/t5-,6+,7+,8+,9-,10+,11+,20-;/m0./s1. The van der Waals surface area contributed by atoms with Crippen molar-refractivity contribution in [2.24, 2.45) is 0 Å². The fourth-order valence-electron chi connectivity index (χ4n) is 2.17. The average Bonchev–Trinajstić information content (AvgIpc) is 2.70. The third-order valence-corrected chi connectivity index (χ3v) is 6.30. The van der Waals surface area contributed by atoms with E-state index in [0.29, 0.717) is 0 Å². The summed E-state index contributed by atoms with van der Waals surface area (Å²) in [6, 6.07) is 0. The van der Waals surface area contributed by atoms with Crippen molar-refractivity contribution in [1.29, 1.82) is 0 Å². The van der Waals surface area contributed by atoms with Gasteiger partial charge in [0.1, 0.15) is 48.1 Å². The van der Waals surface area contributed by atoms with Crippen LogP contribution in [0, 0.1) is 0 Å². The Labute approximate surface area is 131 Å². The Bertz CT molecular complexity index is 299. The summed E-state index contributed by atoms with van der Waals surface area (Å²) in [5.74, 6) is 0.157. The third-order valence-electron chi connectivity index (χ3n) is 3.48. The average molecular weight is 351 g/mol. The molecule has 0 aliphatic carbocycles. The second-order valence-corrected chi connectivity index (χ2v) is 7.30. The van der Waals surface area contributed by atoms with Gasteiger partial charge in [-0.05, 0) is 0 Å². The van der Waals surface area contributed by atoms with Crippen LogP contribution in [0.15, 0.2) is 0 Å². The Balaban J connectivity index is 0.00000400. The molecule has 8 nitrogen and oxygen atoms in total. The largest absolute Gasteiger partial charge is 1.00 e. The molecule has 0 bridgehead atoms. The van der Waals surface area contributed by atoms with Gasteiger partial charge in [0, 0.05) is 10.9 Å². The molecule has 21 heavy (non-hydrogen) atoms. The van der Waals surface area contributed by atoms with Crippen LogP contribution in [-0.4, -0.2) is 107 Å². The highest BCUT2D eigenvalue weighted by Gasteiger charge is 2.50. The molecule has 0 aromatic heterocycles. The van der Waals surface area contributed by atoms with Crippen LogP contribution in [0.2, 0.25) is 0 Å². The predicted molar refractivity (Wildman–Crippen MR) is 71.1 cm³/mol. The molecule has 0 saturated carbocycles. The van der Waals surface area contributed by atoms with Crippen molar-refractivity contribution in [2.45, 2.75) is 41.9 Å². The zero-order valence-electron chi connectivity index (χ0n) is 11.2. The molecule has 1 rings (SSSR count). The van der Waals surface area contributed by atoms with Crippen molar-refractivity contribution < 1.29 is 53.3 Å². The van der Waals surface area contributed by atoms with Gasteiger partial charge >= 0.3 is 0 Å². The zero-order chi connectivity index (χ0) is 15.4. The molecule has 0 unspecified atom stereocenters. The third kappa shape index (κ3) is 5.17. The van der Waals surface area contributed by atoms with Gasteiger partial charge in [0.2, 0.25) is 0 Å². The molecule has 1 aliphatic heterocycles. The monoisotopic (exact) mass is 350 g/mol. The van der Waals surface area contributed by atoms with Crippen LogP contribution in [0.1, 0.15) is 0 Å². The molecule has 0 aromatic carbocycles. The quantitative estimate of drug-likeness (QED) is 0.210. The summed E-state index contributed by atoms with van der Waals surface area (Å²) in [6.07, 6.45) is -8.42. The van der Waals surface area contributed by atoms with E-state index < -0.39 is 59.4 Å². The molecular formula is C11H23ClO8S. The first kappa shape index (κ1) is 21.3. The number of rotatable bonds is 7. The van der Waals surface area contributed by atoms with Gasteiger partial charge in [-0.15, -0.1) is 0 Å². The van der Waals surface area contributed by atoms with Gasteiger partial charge < -0.3 is 53.3 Å². The van der Waals surface area contributed by atoms with Crippen molar-refractivity contribution >= 4 is 10.9 Å². The number of aliphatic hydroxyl groups excluding tert-OH is 8. The van der Waals surface area contributed by atoms with E-state index in [0.717, 1.165) is 0 Å². The van der Waals surface area contributed by atoms with Crippen LogP contribution in [0.25, 0.3) is 0 Å². The zero-order valence-corrected chi connectivity index (χ0v) is 12.8. The van der Waals surface area contributed by atoms with Gasteiger partial charge in [-0.2, -0.15) is 0 Å². The van der Waals surface area contributed by atoms with E-state index in [1.807, 2.05) is 0 Å². The highest BCUT2D eigenvalue weighted by Crippen LogP contribution is 2.25. The topological polar surface area (TPSA) is 162 Å². The summed E-state index contributed by atoms with van der Waals surface area (Å²) in [6.45, 7) is -1.11. The first-order valence-electron chi connectivity index (χ1n) is 6.29. The summed E-state index contributed by atoms with van der Waals surface area (Å²) in [7, 11) is -0.723. The van der Waals surface area contributed by atoms with E-state index in [9.17, 15) is 35.7 Å². The fraction of sp³-hybridized carbons (Fsp3) is 1.00. The highest BCUT2D eigenvalue weighted by molar-refractivity contribution is 7.97.